The van der Waals surface area contributed by atoms with Crippen molar-refractivity contribution in [2.75, 3.05) is 20.3 Å². The predicted octanol–water partition coefficient (Wildman–Crippen LogP) is 3.61. The highest BCUT2D eigenvalue weighted by atomic mass is 19.4. The number of nitrogens with one attached hydrogen (secondary N) is 1. The van der Waals surface area contributed by atoms with Gasteiger partial charge in [0.25, 0.3) is 5.91 Å². The molecule has 1 aromatic heterocycles. The van der Waals surface area contributed by atoms with Crippen LogP contribution in [0, 0.1) is 0 Å². The Balaban J connectivity index is 0.000000454. The standard InChI is InChI=1S/C20H20F3N3O3.C2HF3O2/c1-28-11-13-8-14(9-24-13)26-10-12-6-7-16(25-18(12)19(26)27)15-4-2-3-5-17(15)29-20(21,22)23;3-2(4,5)1(6)7/h2-7,13-14,24H,8-11H2,1H3;(H,6,7)/t13-,14+;/m0./s1. The number of fused-ring (bicyclic) bond motifs is 1. The van der Waals surface area contributed by atoms with Gasteiger partial charge in [-0.3, -0.25) is 4.79 Å². The molecule has 4 rings (SSSR count). The van der Waals surface area contributed by atoms with Crippen molar-refractivity contribution in [3.8, 4) is 17.0 Å². The number of aromatic nitrogens is 1. The number of carbonyl (C=O) groups excluding carboxylic acids is 1. The van der Waals surface area contributed by atoms with E-state index in [2.05, 4.69) is 15.0 Å². The summed E-state index contributed by atoms with van der Waals surface area (Å²) in [6, 6.07) is 9.35. The molecular weight excluding hydrogens is 500 g/mol. The first-order valence-corrected chi connectivity index (χ1v) is 10.5. The molecule has 0 radical (unpaired) electrons. The monoisotopic (exact) mass is 521 g/mol. The third-order valence-corrected chi connectivity index (χ3v) is 5.42. The molecule has 2 atom stereocenters. The van der Waals surface area contributed by atoms with E-state index in [4.69, 9.17) is 14.6 Å². The summed E-state index contributed by atoms with van der Waals surface area (Å²) in [6.45, 7) is 1.68. The molecule has 0 unspecified atom stereocenters. The van der Waals surface area contributed by atoms with E-state index < -0.39 is 18.5 Å². The van der Waals surface area contributed by atoms with Gasteiger partial charge in [0.15, 0.2) is 0 Å². The summed E-state index contributed by atoms with van der Waals surface area (Å²) in [5, 5.41) is 10.5. The number of hydrogen-bond donors (Lipinski definition) is 2. The van der Waals surface area contributed by atoms with Crippen LogP contribution in [0.3, 0.4) is 0 Å². The third kappa shape index (κ3) is 6.63. The Morgan fingerprint density at radius 3 is 2.44 bits per heavy atom. The van der Waals surface area contributed by atoms with Gasteiger partial charge >= 0.3 is 18.5 Å². The number of alkyl halides is 6. The van der Waals surface area contributed by atoms with Crippen molar-refractivity contribution in [3.63, 3.8) is 0 Å². The number of methoxy groups -OCH3 is 1. The van der Waals surface area contributed by atoms with Gasteiger partial charge in [-0.2, -0.15) is 13.2 Å². The average molecular weight is 521 g/mol. The lowest BCUT2D eigenvalue weighted by molar-refractivity contribution is -0.274. The Hall–Kier alpha value is -3.39. The van der Waals surface area contributed by atoms with E-state index in [9.17, 15) is 31.1 Å². The minimum absolute atomic E-state index is 0.0288. The van der Waals surface area contributed by atoms with Gasteiger partial charge < -0.3 is 24.8 Å². The van der Waals surface area contributed by atoms with E-state index in [0.717, 1.165) is 12.0 Å². The number of rotatable bonds is 5. The van der Waals surface area contributed by atoms with Gasteiger partial charge in [0.1, 0.15) is 11.4 Å². The zero-order chi connectivity index (χ0) is 26.7. The first-order valence-electron chi connectivity index (χ1n) is 10.5. The molecule has 0 spiro atoms. The minimum Gasteiger partial charge on any atom is -0.475 e. The van der Waals surface area contributed by atoms with Crippen molar-refractivity contribution < 1.29 is 50.5 Å². The Morgan fingerprint density at radius 1 is 1.17 bits per heavy atom. The maximum absolute atomic E-state index is 12.9. The molecule has 2 aliphatic heterocycles. The molecular formula is C22H21F6N3O5. The summed E-state index contributed by atoms with van der Waals surface area (Å²) in [5.41, 5.74) is 1.49. The Kier molecular flexibility index (Phi) is 8.09. The molecule has 1 fully saturated rings. The molecule has 0 aliphatic carbocycles. The van der Waals surface area contributed by atoms with Crippen molar-refractivity contribution >= 4 is 11.9 Å². The number of carboxylic acids is 1. The molecule has 1 amide bonds. The number of nitrogens with zero attached hydrogens (tertiary/aromatic N) is 2. The molecule has 36 heavy (non-hydrogen) atoms. The number of carboxylic acid groups (broad SMARTS) is 1. The summed E-state index contributed by atoms with van der Waals surface area (Å²) in [6.07, 6.45) is -9.11. The number of carbonyl (C=O) groups is 2. The highest BCUT2D eigenvalue weighted by Gasteiger charge is 2.39. The minimum atomic E-state index is -5.08. The van der Waals surface area contributed by atoms with Crippen LogP contribution in [0.25, 0.3) is 11.3 Å². The number of halogens is 6. The fourth-order valence-electron chi connectivity index (χ4n) is 3.89. The highest BCUT2D eigenvalue weighted by molar-refractivity contribution is 5.97. The number of hydrogen-bond acceptors (Lipinski definition) is 6. The summed E-state index contributed by atoms with van der Waals surface area (Å²) in [5.74, 6) is -3.31. The molecule has 2 N–H and O–H groups in total. The van der Waals surface area contributed by atoms with Crippen molar-refractivity contribution in [1.29, 1.82) is 0 Å². The second-order valence-corrected chi connectivity index (χ2v) is 7.93. The van der Waals surface area contributed by atoms with Gasteiger partial charge in [-0.15, -0.1) is 13.2 Å². The first-order chi connectivity index (χ1) is 16.8. The van der Waals surface area contributed by atoms with Crippen molar-refractivity contribution in [3.05, 3.63) is 47.7 Å². The second kappa shape index (κ2) is 10.7. The zero-order valence-corrected chi connectivity index (χ0v) is 18.7. The lowest BCUT2D eigenvalue weighted by Gasteiger charge is -2.22. The predicted molar refractivity (Wildman–Crippen MR) is 112 cm³/mol. The number of para-hydroxylation sites is 1. The van der Waals surface area contributed by atoms with Crippen molar-refractivity contribution in [2.45, 2.75) is 37.6 Å². The molecule has 2 aromatic rings. The van der Waals surface area contributed by atoms with Gasteiger partial charge in [0.05, 0.1) is 12.3 Å². The number of aliphatic carboxylic acids is 1. The summed E-state index contributed by atoms with van der Waals surface area (Å²) in [7, 11) is 1.64. The summed E-state index contributed by atoms with van der Waals surface area (Å²) >= 11 is 0. The van der Waals surface area contributed by atoms with Crippen LogP contribution in [0.5, 0.6) is 5.75 Å². The molecule has 14 heteroatoms. The van der Waals surface area contributed by atoms with Crippen LogP contribution in [0.1, 0.15) is 22.5 Å². The maximum Gasteiger partial charge on any atom is 0.573 e. The van der Waals surface area contributed by atoms with E-state index in [1.165, 1.54) is 18.2 Å². The van der Waals surface area contributed by atoms with Crippen LogP contribution < -0.4 is 10.1 Å². The van der Waals surface area contributed by atoms with Crippen molar-refractivity contribution in [1.82, 2.24) is 15.2 Å². The normalized spacial score (nSPS) is 19.5. The number of amides is 1. The first kappa shape index (κ1) is 27.2. The van der Waals surface area contributed by atoms with Crippen LogP contribution in [0.15, 0.2) is 36.4 Å². The van der Waals surface area contributed by atoms with E-state index in [1.54, 1.807) is 30.2 Å². The quantitative estimate of drug-likeness (QED) is 0.580. The van der Waals surface area contributed by atoms with E-state index in [1.807, 2.05) is 0 Å². The Bertz CT molecular complexity index is 1110. The maximum atomic E-state index is 12.9. The SMILES string of the molecule is COC[C@@H]1C[C@@H](N2Cc3ccc(-c4ccccc4OC(F)(F)F)nc3C2=O)CN1.O=C(O)C(F)(F)F. The van der Waals surface area contributed by atoms with E-state index in [-0.39, 0.29) is 40.7 Å². The van der Waals surface area contributed by atoms with E-state index in [0.29, 0.717) is 19.7 Å². The molecule has 8 nitrogen and oxygen atoms in total. The Morgan fingerprint density at radius 2 is 1.83 bits per heavy atom. The zero-order valence-electron chi connectivity index (χ0n) is 18.7. The fraction of sp³-hybridized carbons (Fsp3) is 0.409. The largest absolute Gasteiger partial charge is 0.573 e. The van der Waals surface area contributed by atoms with Crippen LogP contribution in [0.2, 0.25) is 0 Å². The Labute approximate surface area is 200 Å². The third-order valence-electron chi connectivity index (χ3n) is 5.42. The molecule has 1 aromatic carbocycles. The smallest absolute Gasteiger partial charge is 0.475 e. The van der Waals surface area contributed by atoms with Crippen LogP contribution in [0.4, 0.5) is 26.3 Å². The molecule has 1 saturated heterocycles. The van der Waals surface area contributed by atoms with Gasteiger partial charge in [-0.05, 0) is 24.6 Å². The molecule has 3 heterocycles. The van der Waals surface area contributed by atoms with Crippen LogP contribution in [-0.4, -0.2) is 71.8 Å². The molecule has 0 bridgehead atoms. The lowest BCUT2D eigenvalue weighted by atomic mass is 10.1. The average Bonchev–Trinajstić information content (AvgIpc) is 3.37. The van der Waals surface area contributed by atoms with Crippen LogP contribution >= 0.6 is 0 Å². The number of pyridine rings is 1. The topological polar surface area (TPSA) is 101 Å². The number of ether oxygens (including phenoxy) is 2. The van der Waals surface area contributed by atoms with Crippen LogP contribution in [-0.2, 0) is 16.1 Å². The van der Waals surface area contributed by atoms with Gasteiger partial charge in [-0.1, -0.05) is 18.2 Å². The fourth-order valence-corrected chi connectivity index (χ4v) is 3.89. The molecule has 0 saturated carbocycles. The van der Waals surface area contributed by atoms with Crippen molar-refractivity contribution in [2.24, 2.45) is 0 Å². The molecule has 2 aliphatic rings. The van der Waals surface area contributed by atoms with Gasteiger partial charge in [0.2, 0.25) is 0 Å². The molecule has 196 valence electrons. The second-order valence-electron chi connectivity index (χ2n) is 7.93. The van der Waals surface area contributed by atoms with Gasteiger partial charge in [0, 0.05) is 43.4 Å². The summed E-state index contributed by atoms with van der Waals surface area (Å²) < 4.78 is 79.1. The van der Waals surface area contributed by atoms with E-state index >= 15 is 0 Å². The highest BCUT2D eigenvalue weighted by Crippen LogP contribution is 2.35. The summed E-state index contributed by atoms with van der Waals surface area (Å²) in [4.78, 5) is 28.0. The number of benzene rings is 1. The van der Waals surface area contributed by atoms with Gasteiger partial charge in [-0.25, -0.2) is 9.78 Å². The lowest BCUT2D eigenvalue weighted by Crippen LogP contribution is -2.37.